The van der Waals surface area contributed by atoms with Gasteiger partial charge in [-0.2, -0.15) is 5.26 Å². The Bertz CT molecular complexity index is 598. The highest BCUT2D eigenvalue weighted by Crippen LogP contribution is 2.24. The molecule has 0 fully saturated rings. The highest BCUT2D eigenvalue weighted by atomic mass is 32.1. The van der Waals surface area contributed by atoms with Crippen LogP contribution in [0.2, 0.25) is 0 Å². The third-order valence-corrected chi connectivity index (χ3v) is 3.81. The molecule has 1 heterocycles. The predicted octanol–water partition coefficient (Wildman–Crippen LogP) is 2.86. The summed E-state index contributed by atoms with van der Waals surface area (Å²) in [6.45, 7) is 6.33. The van der Waals surface area contributed by atoms with E-state index in [9.17, 15) is 0 Å². The molecule has 104 valence electrons. The van der Waals surface area contributed by atoms with Crippen LogP contribution in [0.25, 0.3) is 10.6 Å². The van der Waals surface area contributed by atoms with Gasteiger partial charge in [-0.3, -0.25) is 0 Å². The zero-order valence-corrected chi connectivity index (χ0v) is 12.6. The van der Waals surface area contributed by atoms with E-state index < -0.39 is 0 Å². The summed E-state index contributed by atoms with van der Waals surface area (Å²) < 4.78 is 0. The summed E-state index contributed by atoms with van der Waals surface area (Å²) in [6, 6.07) is 9.62. The number of hydrogen-bond acceptors (Lipinski definition) is 5. The molecule has 1 aromatic heterocycles. The highest BCUT2D eigenvalue weighted by molar-refractivity contribution is 7.14. The molecule has 0 aliphatic carbocycles. The summed E-state index contributed by atoms with van der Waals surface area (Å²) in [4.78, 5) is 0. The largest absolute Gasteiger partial charge is 0.316 e. The number of nitrogens with zero attached hydrogens (tertiary/aromatic N) is 3. The van der Waals surface area contributed by atoms with Crippen molar-refractivity contribution in [1.82, 2.24) is 15.5 Å². The van der Waals surface area contributed by atoms with Crippen LogP contribution >= 0.6 is 11.3 Å². The summed E-state index contributed by atoms with van der Waals surface area (Å²) in [6.07, 6.45) is 0.891. The lowest BCUT2D eigenvalue weighted by molar-refractivity contribution is 0.553. The van der Waals surface area contributed by atoms with E-state index in [0.717, 1.165) is 35.1 Å². The van der Waals surface area contributed by atoms with Gasteiger partial charge in [0, 0.05) is 18.5 Å². The van der Waals surface area contributed by atoms with Crippen LogP contribution < -0.4 is 5.32 Å². The lowest BCUT2D eigenvalue weighted by atomic mass is 10.1. The molecule has 0 aliphatic rings. The van der Waals surface area contributed by atoms with E-state index in [1.165, 1.54) is 0 Å². The van der Waals surface area contributed by atoms with Gasteiger partial charge in [-0.05, 0) is 24.6 Å². The Labute approximate surface area is 123 Å². The summed E-state index contributed by atoms with van der Waals surface area (Å²) in [7, 11) is 0. The third-order valence-electron chi connectivity index (χ3n) is 2.77. The topological polar surface area (TPSA) is 61.6 Å². The number of aromatic nitrogens is 2. The fourth-order valence-corrected chi connectivity index (χ4v) is 2.61. The van der Waals surface area contributed by atoms with E-state index in [2.05, 4.69) is 35.4 Å². The molecule has 0 saturated heterocycles. The van der Waals surface area contributed by atoms with Crippen molar-refractivity contribution in [2.45, 2.75) is 20.3 Å². The van der Waals surface area contributed by atoms with Crippen molar-refractivity contribution in [3.8, 4) is 16.6 Å². The van der Waals surface area contributed by atoms with E-state index in [4.69, 9.17) is 5.26 Å². The van der Waals surface area contributed by atoms with Gasteiger partial charge in [0.1, 0.15) is 10.0 Å². The average molecular weight is 286 g/mol. The highest BCUT2D eigenvalue weighted by Gasteiger charge is 2.07. The molecular formula is C15H18N4S. The molecule has 20 heavy (non-hydrogen) atoms. The first-order chi connectivity index (χ1) is 9.69. The summed E-state index contributed by atoms with van der Waals surface area (Å²) >= 11 is 1.59. The lowest BCUT2D eigenvalue weighted by Gasteiger charge is -2.05. The molecule has 0 saturated carbocycles. The van der Waals surface area contributed by atoms with Crippen molar-refractivity contribution in [2.75, 3.05) is 13.1 Å². The number of nitrogens with one attached hydrogen (secondary N) is 1. The lowest BCUT2D eigenvalue weighted by Crippen LogP contribution is -2.22. The van der Waals surface area contributed by atoms with Gasteiger partial charge < -0.3 is 5.32 Å². The number of nitriles is 1. The molecule has 2 aromatic rings. The first-order valence-corrected chi connectivity index (χ1v) is 7.54. The quantitative estimate of drug-likeness (QED) is 0.829. The monoisotopic (exact) mass is 286 g/mol. The van der Waals surface area contributed by atoms with Gasteiger partial charge >= 0.3 is 0 Å². The van der Waals surface area contributed by atoms with E-state index >= 15 is 0 Å². The van der Waals surface area contributed by atoms with Crippen LogP contribution in [0.5, 0.6) is 0 Å². The van der Waals surface area contributed by atoms with Gasteiger partial charge in [0.2, 0.25) is 0 Å². The first-order valence-electron chi connectivity index (χ1n) is 6.72. The minimum Gasteiger partial charge on any atom is -0.316 e. The minimum atomic E-state index is 0.651. The van der Waals surface area contributed by atoms with Crippen LogP contribution in [-0.2, 0) is 6.42 Å². The summed E-state index contributed by atoms with van der Waals surface area (Å²) in [5, 5.41) is 22.6. The Morgan fingerprint density at radius 2 is 2.20 bits per heavy atom. The molecule has 0 unspecified atom stereocenters. The molecule has 4 nitrogen and oxygen atoms in total. The fourth-order valence-electron chi connectivity index (χ4n) is 1.78. The number of rotatable bonds is 6. The zero-order valence-electron chi connectivity index (χ0n) is 11.8. The standard InChI is InChI=1S/C15H18N4S/c1-11(2)10-17-7-6-14-18-19-15(20-14)13-5-3-4-12(8-13)9-16/h3-5,8,11,17H,6-7,10H2,1-2H3. The molecule has 0 amide bonds. The Morgan fingerprint density at radius 1 is 1.35 bits per heavy atom. The maximum Gasteiger partial charge on any atom is 0.147 e. The molecule has 5 heteroatoms. The second-order valence-corrected chi connectivity index (χ2v) is 6.10. The van der Waals surface area contributed by atoms with Gasteiger partial charge in [-0.15, -0.1) is 10.2 Å². The molecule has 0 aliphatic heterocycles. The van der Waals surface area contributed by atoms with Crippen LogP contribution in [0.4, 0.5) is 0 Å². The predicted molar refractivity (Wildman–Crippen MR) is 81.5 cm³/mol. The van der Waals surface area contributed by atoms with Gasteiger partial charge in [0.25, 0.3) is 0 Å². The fraction of sp³-hybridized carbons (Fsp3) is 0.400. The molecule has 0 spiro atoms. The van der Waals surface area contributed by atoms with Crippen LogP contribution in [0.3, 0.4) is 0 Å². The second-order valence-electron chi connectivity index (χ2n) is 5.04. The Balaban J connectivity index is 1.96. The Hall–Kier alpha value is -1.77. The molecule has 1 N–H and O–H groups in total. The van der Waals surface area contributed by atoms with Gasteiger partial charge in [0.05, 0.1) is 11.6 Å². The first kappa shape index (κ1) is 14.6. The summed E-state index contributed by atoms with van der Waals surface area (Å²) in [5.41, 5.74) is 1.61. The van der Waals surface area contributed by atoms with Crippen molar-refractivity contribution in [1.29, 1.82) is 5.26 Å². The molecule has 1 aromatic carbocycles. The normalized spacial score (nSPS) is 10.7. The van der Waals surface area contributed by atoms with E-state index in [0.29, 0.717) is 11.5 Å². The minimum absolute atomic E-state index is 0.651. The zero-order chi connectivity index (χ0) is 14.4. The van der Waals surface area contributed by atoms with Crippen LogP contribution in [0.15, 0.2) is 24.3 Å². The number of hydrogen-bond donors (Lipinski definition) is 1. The van der Waals surface area contributed by atoms with E-state index in [-0.39, 0.29) is 0 Å². The average Bonchev–Trinajstić information content (AvgIpc) is 2.92. The Kier molecular flexibility index (Phi) is 5.22. The van der Waals surface area contributed by atoms with Crippen LogP contribution in [-0.4, -0.2) is 23.3 Å². The molecule has 0 radical (unpaired) electrons. The number of benzene rings is 1. The van der Waals surface area contributed by atoms with Crippen molar-refractivity contribution in [3.05, 3.63) is 34.8 Å². The second kappa shape index (κ2) is 7.13. The smallest absolute Gasteiger partial charge is 0.147 e. The maximum absolute atomic E-state index is 8.91. The van der Waals surface area contributed by atoms with Crippen molar-refractivity contribution in [3.63, 3.8) is 0 Å². The molecule has 0 atom stereocenters. The van der Waals surface area contributed by atoms with Gasteiger partial charge in [-0.1, -0.05) is 37.3 Å². The summed E-state index contributed by atoms with van der Waals surface area (Å²) in [5.74, 6) is 0.661. The maximum atomic E-state index is 8.91. The molecular weight excluding hydrogens is 268 g/mol. The van der Waals surface area contributed by atoms with E-state index in [1.807, 2.05) is 18.2 Å². The van der Waals surface area contributed by atoms with Crippen molar-refractivity contribution in [2.24, 2.45) is 5.92 Å². The van der Waals surface area contributed by atoms with Crippen molar-refractivity contribution < 1.29 is 0 Å². The van der Waals surface area contributed by atoms with Crippen molar-refractivity contribution >= 4 is 11.3 Å². The van der Waals surface area contributed by atoms with E-state index in [1.54, 1.807) is 17.4 Å². The molecule has 0 bridgehead atoms. The van der Waals surface area contributed by atoms with Gasteiger partial charge in [0.15, 0.2) is 0 Å². The Morgan fingerprint density at radius 3 is 2.95 bits per heavy atom. The van der Waals surface area contributed by atoms with Gasteiger partial charge in [-0.25, -0.2) is 0 Å². The third kappa shape index (κ3) is 4.12. The van der Waals surface area contributed by atoms with Crippen LogP contribution in [0.1, 0.15) is 24.4 Å². The SMILES string of the molecule is CC(C)CNCCc1nnc(-c2cccc(C#N)c2)s1. The van der Waals surface area contributed by atoms with Crippen LogP contribution in [0, 0.1) is 17.2 Å². The molecule has 2 rings (SSSR count).